The van der Waals surface area contributed by atoms with Gasteiger partial charge in [0.05, 0.1) is 18.9 Å². The van der Waals surface area contributed by atoms with Gasteiger partial charge >= 0.3 is 0 Å². The third-order valence-corrected chi connectivity index (χ3v) is 6.24. The van der Waals surface area contributed by atoms with Gasteiger partial charge in [-0.25, -0.2) is 0 Å². The summed E-state index contributed by atoms with van der Waals surface area (Å²) < 4.78 is 12.1. The maximum atomic E-state index is 6.17. The highest BCUT2D eigenvalue weighted by atomic mass is 16.5. The van der Waals surface area contributed by atoms with Gasteiger partial charge in [0, 0.05) is 41.7 Å². The van der Waals surface area contributed by atoms with Crippen molar-refractivity contribution in [2.75, 3.05) is 37.7 Å². The zero-order valence-corrected chi connectivity index (χ0v) is 16.0. The van der Waals surface area contributed by atoms with E-state index in [1.54, 1.807) is 0 Å². The van der Waals surface area contributed by atoms with Crippen LogP contribution in [0.2, 0.25) is 0 Å². The smallest absolute Gasteiger partial charge is 0.127 e. The standard InChI is InChI=1S/C23H28N2O2/c1-2-26-20-8-4-3-6-16(20)17-9-10-21-22-18(7-5-15-27-21)19-11-12-24-13-14-25(19)23(17)22/h3-4,6,8-10,18-19,24H,2,5,7,11-15H2,1H3. The lowest BCUT2D eigenvalue weighted by molar-refractivity contribution is 0.314. The number of hydrogen-bond donors (Lipinski definition) is 1. The Morgan fingerprint density at radius 1 is 1.11 bits per heavy atom. The molecule has 0 spiro atoms. The first kappa shape index (κ1) is 16.9. The topological polar surface area (TPSA) is 33.7 Å². The van der Waals surface area contributed by atoms with Crippen molar-refractivity contribution in [1.29, 1.82) is 0 Å². The Kier molecular flexibility index (Phi) is 4.44. The van der Waals surface area contributed by atoms with E-state index in [4.69, 9.17) is 9.47 Å². The molecule has 3 heterocycles. The number of benzene rings is 2. The molecular weight excluding hydrogens is 336 g/mol. The molecule has 2 aromatic carbocycles. The highest BCUT2D eigenvalue weighted by molar-refractivity contribution is 5.88. The Morgan fingerprint density at radius 3 is 2.96 bits per heavy atom. The Balaban J connectivity index is 1.72. The second-order valence-corrected chi connectivity index (χ2v) is 7.70. The van der Waals surface area contributed by atoms with E-state index in [-0.39, 0.29) is 0 Å². The van der Waals surface area contributed by atoms with Crippen molar-refractivity contribution < 1.29 is 9.47 Å². The van der Waals surface area contributed by atoms with Crippen LogP contribution < -0.4 is 19.7 Å². The van der Waals surface area contributed by atoms with Gasteiger partial charge in [0.1, 0.15) is 11.5 Å². The number of para-hydroxylation sites is 1. The van der Waals surface area contributed by atoms with E-state index in [2.05, 4.69) is 46.6 Å². The maximum absolute atomic E-state index is 6.17. The predicted octanol–water partition coefficient (Wildman–Crippen LogP) is 4.19. The van der Waals surface area contributed by atoms with Crippen LogP contribution in [0.3, 0.4) is 0 Å². The highest BCUT2D eigenvalue weighted by Crippen LogP contribution is 2.54. The fourth-order valence-electron chi connectivity index (χ4n) is 5.18. The minimum atomic E-state index is 0.579. The third kappa shape index (κ3) is 2.78. The Hall–Kier alpha value is -2.20. The van der Waals surface area contributed by atoms with Crippen molar-refractivity contribution in [2.24, 2.45) is 0 Å². The summed E-state index contributed by atoms with van der Waals surface area (Å²) in [5.74, 6) is 2.65. The van der Waals surface area contributed by atoms with Gasteiger partial charge in [-0.3, -0.25) is 0 Å². The lowest BCUT2D eigenvalue weighted by atomic mass is 9.87. The molecule has 2 unspecified atom stereocenters. The van der Waals surface area contributed by atoms with Crippen LogP contribution in [0.4, 0.5) is 5.69 Å². The average molecular weight is 364 g/mol. The molecule has 0 bridgehead atoms. The van der Waals surface area contributed by atoms with Crippen molar-refractivity contribution in [3.63, 3.8) is 0 Å². The van der Waals surface area contributed by atoms with E-state index in [0.717, 1.165) is 44.2 Å². The zero-order valence-electron chi connectivity index (χ0n) is 16.0. The summed E-state index contributed by atoms with van der Waals surface area (Å²) in [6.07, 6.45) is 3.56. The fourth-order valence-corrected chi connectivity index (χ4v) is 5.18. The van der Waals surface area contributed by atoms with Gasteiger partial charge in [0.2, 0.25) is 0 Å². The summed E-state index contributed by atoms with van der Waals surface area (Å²) in [6, 6.07) is 13.5. The van der Waals surface area contributed by atoms with Crippen molar-refractivity contribution in [3.05, 3.63) is 42.0 Å². The molecule has 1 N–H and O–H groups in total. The molecular formula is C23H28N2O2. The average Bonchev–Trinajstić information content (AvgIpc) is 2.89. The third-order valence-electron chi connectivity index (χ3n) is 6.24. The molecule has 1 fully saturated rings. The molecule has 3 aliphatic rings. The maximum Gasteiger partial charge on any atom is 0.127 e. The lowest BCUT2D eigenvalue weighted by Crippen LogP contribution is -2.35. The quantitative estimate of drug-likeness (QED) is 0.885. The zero-order chi connectivity index (χ0) is 18.2. The summed E-state index contributed by atoms with van der Waals surface area (Å²) in [6.45, 7) is 6.77. The second-order valence-electron chi connectivity index (χ2n) is 7.70. The van der Waals surface area contributed by atoms with E-state index < -0.39 is 0 Å². The van der Waals surface area contributed by atoms with Gasteiger partial charge < -0.3 is 19.7 Å². The Bertz CT molecular complexity index is 835. The SMILES string of the molecule is CCOc1ccccc1-c1ccc2c3c1N1CCNCCC1C3CCCO2. The summed E-state index contributed by atoms with van der Waals surface area (Å²) in [5, 5.41) is 3.59. The van der Waals surface area contributed by atoms with Gasteiger partial charge in [-0.15, -0.1) is 0 Å². The number of ether oxygens (including phenoxy) is 2. The van der Waals surface area contributed by atoms with E-state index in [1.165, 1.54) is 35.2 Å². The second kappa shape index (κ2) is 7.08. The van der Waals surface area contributed by atoms with Crippen LogP contribution in [-0.2, 0) is 0 Å². The van der Waals surface area contributed by atoms with Gasteiger partial charge in [0.15, 0.2) is 0 Å². The molecule has 0 aromatic heterocycles. The molecule has 0 aliphatic carbocycles. The minimum Gasteiger partial charge on any atom is -0.493 e. The number of rotatable bonds is 3. The molecule has 4 nitrogen and oxygen atoms in total. The Morgan fingerprint density at radius 2 is 2.04 bits per heavy atom. The van der Waals surface area contributed by atoms with Crippen molar-refractivity contribution in [3.8, 4) is 22.6 Å². The predicted molar refractivity (Wildman–Crippen MR) is 109 cm³/mol. The molecule has 5 rings (SSSR count). The van der Waals surface area contributed by atoms with Gasteiger partial charge in [-0.05, 0) is 50.9 Å². The Labute approximate surface area is 161 Å². The van der Waals surface area contributed by atoms with E-state index in [9.17, 15) is 0 Å². The fraction of sp³-hybridized carbons (Fsp3) is 0.478. The first-order valence-electron chi connectivity index (χ1n) is 10.4. The molecule has 27 heavy (non-hydrogen) atoms. The molecule has 0 radical (unpaired) electrons. The van der Waals surface area contributed by atoms with Crippen LogP contribution in [0.15, 0.2) is 36.4 Å². The van der Waals surface area contributed by atoms with Crippen LogP contribution in [0.5, 0.6) is 11.5 Å². The van der Waals surface area contributed by atoms with E-state index >= 15 is 0 Å². The largest absolute Gasteiger partial charge is 0.493 e. The highest BCUT2D eigenvalue weighted by Gasteiger charge is 2.43. The first-order valence-corrected chi connectivity index (χ1v) is 10.4. The number of anilines is 1. The van der Waals surface area contributed by atoms with Crippen LogP contribution >= 0.6 is 0 Å². The van der Waals surface area contributed by atoms with Crippen LogP contribution in [0.1, 0.15) is 37.7 Å². The lowest BCUT2D eigenvalue weighted by Gasteiger charge is -2.29. The van der Waals surface area contributed by atoms with Crippen molar-refractivity contribution >= 4 is 5.69 Å². The monoisotopic (exact) mass is 364 g/mol. The number of hydrogen-bond acceptors (Lipinski definition) is 4. The summed E-state index contributed by atoms with van der Waals surface area (Å²) in [5.41, 5.74) is 5.32. The first-order chi connectivity index (χ1) is 13.4. The molecule has 3 aliphatic heterocycles. The van der Waals surface area contributed by atoms with Gasteiger partial charge in [-0.2, -0.15) is 0 Å². The molecule has 1 saturated heterocycles. The van der Waals surface area contributed by atoms with Gasteiger partial charge in [0.25, 0.3) is 0 Å². The summed E-state index contributed by atoms with van der Waals surface area (Å²) >= 11 is 0. The molecule has 0 saturated carbocycles. The van der Waals surface area contributed by atoms with Crippen LogP contribution in [0, 0.1) is 0 Å². The van der Waals surface area contributed by atoms with E-state index in [1.807, 2.05) is 6.92 Å². The van der Waals surface area contributed by atoms with E-state index in [0.29, 0.717) is 18.6 Å². The molecule has 2 aromatic rings. The normalized spacial score (nSPS) is 23.7. The summed E-state index contributed by atoms with van der Waals surface area (Å²) in [4.78, 5) is 2.66. The number of fused-ring (bicyclic) bond motifs is 3. The van der Waals surface area contributed by atoms with Crippen molar-refractivity contribution in [2.45, 2.75) is 38.1 Å². The molecule has 2 atom stereocenters. The van der Waals surface area contributed by atoms with Crippen LogP contribution in [-0.4, -0.2) is 38.9 Å². The van der Waals surface area contributed by atoms with Gasteiger partial charge in [-0.1, -0.05) is 18.2 Å². The van der Waals surface area contributed by atoms with Crippen molar-refractivity contribution in [1.82, 2.24) is 5.32 Å². The number of nitrogens with one attached hydrogen (secondary N) is 1. The molecule has 4 heteroatoms. The summed E-state index contributed by atoms with van der Waals surface area (Å²) in [7, 11) is 0. The molecule has 0 amide bonds. The number of nitrogens with zero attached hydrogens (tertiary/aromatic N) is 1. The minimum absolute atomic E-state index is 0.579. The van der Waals surface area contributed by atoms with Crippen LogP contribution in [0.25, 0.3) is 11.1 Å². The molecule has 142 valence electrons.